The summed E-state index contributed by atoms with van der Waals surface area (Å²) in [4.78, 5) is 11.8. The van der Waals surface area contributed by atoms with Gasteiger partial charge in [-0.1, -0.05) is 25.0 Å². The SMILES string of the molecule is CC(NC1CCCC1)(C(N)=O)c1ccc(C(F)(F)F)cc1. The topological polar surface area (TPSA) is 55.1 Å². The van der Waals surface area contributed by atoms with Gasteiger partial charge in [-0.2, -0.15) is 13.2 Å². The summed E-state index contributed by atoms with van der Waals surface area (Å²) >= 11 is 0. The third kappa shape index (κ3) is 3.37. The standard InChI is InChI=1S/C15H19F3N2O/c1-14(13(19)21,20-12-4-2-3-5-12)10-6-8-11(9-7-10)15(16,17)18/h6-9,12,20H,2-5H2,1H3,(H2,19,21). The summed E-state index contributed by atoms with van der Waals surface area (Å²) in [6.45, 7) is 1.62. The van der Waals surface area contributed by atoms with Crippen LogP contribution in [0.2, 0.25) is 0 Å². The Morgan fingerprint density at radius 1 is 1.14 bits per heavy atom. The molecular formula is C15H19F3N2O. The molecule has 1 aliphatic carbocycles. The fourth-order valence-corrected chi connectivity index (χ4v) is 2.77. The van der Waals surface area contributed by atoms with E-state index < -0.39 is 23.2 Å². The number of primary amides is 1. The predicted molar refractivity (Wildman–Crippen MR) is 73.4 cm³/mol. The number of hydrogen-bond donors (Lipinski definition) is 2. The molecule has 3 nitrogen and oxygen atoms in total. The van der Waals surface area contributed by atoms with Crippen LogP contribution < -0.4 is 11.1 Å². The third-order valence-corrected chi connectivity index (χ3v) is 4.13. The zero-order valence-corrected chi connectivity index (χ0v) is 11.8. The van der Waals surface area contributed by atoms with E-state index in [1.165, 1.54) is 12.1 Å². The van der Waals surface area contributed by atoms with Gasteiger partial charge in [-0.25, -0.2) is 0 Å². The first-order valence-electron chi connectivity index (χ1n) is 6.99. The molecule has 0 heterocycles. The monoisotopic (exact) mass is 300 g/mol. The number of carbonyl (C=O) groups excluding carboxylic acids is 1. The Morgan fingerprint density at radius 2 is 1.62 bits per heavy atom. The minimum Gasteiger partial charge on any atom is -0.368 e. The van der Waals surface area contributed by atoms with Crippen molar-refractivity contribution >= 4 is 5.91 Å². The second-order valence-electron chi connectivity index (χ2n) is 5.69. The van der Waals surface area contributed by atoms with Crippen molar-refractivity contribution in [2.24, 2.45) is 5.73 Å². The molecule has 0 spiro atoms. The molecule has 0 aliphatic heterocycles. The van der Waals surface area contributed by atoms with Crippen molar-refractivity contribution in [3.8, 4) is 0 Å². The molecule has 0 aromatic heterocycles. The highest BCUT2D eigenvalue weighted by Gasteiger charge is 2.37. The Bertz CT molecular complexity index is 507. The molecule has 2 rings (SSSR count). The zero-order valence-electron chi connectivity index (χ0n) is 11.8. The average Bonchev–Trinajstić information content (AvgIpc) is 2.90. The zero-order chi connectivity index (χ0) is 15.7. The van der Waals surface area contributed by atoms with Gasteiger partial charge in [-0.3, -0.25) is 10.1 Å². The van der Waals surface area contributed by atoms with E-state index >= 15 is 0 Å². The average molecular weight is 300 g/mol. The molecule has 1 aromatic rings. The first-order chi connectivity index (χ1) is 9.73. The predicted octanol–water partition coefficient (Wildman–Crippen LogP) is 2.94. The van der Waals surface area contributed by atoms with Crippen LogP contribution >= 0.6 is 0 Å². The molecule has 6 heteroatoms. The van der Waals surface area contributed by atoms with Gasteiger partial charge in [0.05, 0.1) is 5.56 Å². The van der Waals surface area contributed by atoms with E-state index in [2.05, 4.69) is 5.32 Å². The Kier molecular flexibility index (Phi) is 4.27. The molecule has 116 valence electrons. The van der Waals surface area contributed by atoms with Gasteiger partial charge in [0.25, 0.3) is 0 Å². The number of nitrogens with two attached hydrogens (primary N) is 1. The lowest BCUT2D eigenvalue weighted by Crippen LogP contribution is -2.53. The third-order valence-electron chi connectivity index (χ3n) is 4.13. The second-order valence-corrected chi connectivity index (χ2v) is 5.69. The molecule has 1 amide bonds. The van der Waals surface area contributed by atoms with Crippen LogP contribution in [0.25, 0.3) is 0 Å². The summed E-state index contributed by atoms with van der Waals surface area (Å²) in [6, 6.07) is 4.76. The molecular weight excluding hydrogens is 281 g/mol. The molecule has 1 aromatic carbocycles. The van der Waals surface area contributed by atoms with Crippen molar-refractivity contribution in [1.82, 2.24) is 5.32 Å². The number of alkyl halides is 3. The van der Waals surface area contributed by atoms with Crippen LogP contribution in [0.1, 0.15) is 43.7 Å². The summed E-state index contributed by atoms with van der Waals surface area (Å²) in [5.41, 5.74) is 4.04. The molecule has 0 saturated heterocycles. The Labute approximate surface area is 121 Å². The van der Waals surface area contributed by atoms with Crippen LogP contribution in [0.15, 0.2) is 24.3 Å². The van der Waals surface area contributed by atoms with Crippen LogP contribution in [0.3, 0.4) is 0 Å². The number of amides is 1. The summed E-state index contributed by atoms with van der Waals surface area (Å²) in [7, 11) is 0. The van der Waals surface area contributed by atoms with Crippen molar-refractivity contribution in [1.29, 1.82) is 0 Å². The number of carbonyl (C=O) groups is 1. The van der Waals surface area contributed by atoms with E-state index in [4.69, 9.17) is 5.73 Å². The lowest BCUT2D eigenvalue weighted by atomic mass is 9.89. The lowest BCUT2D eigenvalue weighted by Gasteiger charge is -2.31. The van der Waals surface area contributed by atoms with Gasteiger partial charge in [0.1, 0.15) is 5.54 Å². The quantitative estimate of drug-likeness (QED) is 0.898. The number of hydrogen-bond acceptors (Lipinski definition) is 2. The molecule has 1 fully saturated rings. The first kappa shape index (κ1) is 15.8. The molecule has 1 saturated carbocycles. The van der Waals surface area contributed by atoms with Crippen molar-refractivity contribution in [3.63, 3.8) is 0 Å². The van der Waals surface area contributed by atoms with Gasteiger partial charge in [-0.15, -0.1) is 0 Å². The Morgan fingerprint density at radius 3 is 2.05 bits per heavy atom. The van der Waals surface area contributed by atoms with Crippen LogP contribution in [0, 0.1) is 0 Å². The fourth-order valence-electron chi connectivity index (χ4n) is 2.77. The second kappa shape index (κ2) is 5.67. The van der Waals surface area contributed by atoms with Gasteiger partial charge in [0, 0.05) is 6.04 Å². The molecule has 0 bridgehead atoms. The van der Waals surface area contributed by atoms with E-state index in [0.29, 0.717) is 5.56 Å². The minimum atomic E-state index is -4.39. The maximum atomic E-state index is 12.6. The lowest BCUT2D eigenvalue weighted by molar-refractivity contribution is -0.137. The Balaban J connectivity index is 2.27. The van der Waals surface area contributed by atoms with Gasteiger partial charge < -0.3 is 5.73 Å². The molecule has 1 unspecified atom stereocenters. The molecule has 1 aliphatic rings. The molecule has 0 radical (unpaired) electrons. The van der Waals surface area contributed by atoms with Gasteiger partial charge in [0.15, 0.2) is 0 Å². The first-order valence-corrected chi connectivity index (χ1v) is 6.99. The molecule has 3 N–H and O–H groups in total. The van der Waals surface area contributed by atoms with Gasteiger partial charge >= 0.3 is 6.18 Å². The van der Waals surface area contributed by atoms with Crippen LogP contribution in [0.5, 0.6) is 0 Å². The minimum absolute atomic E-state index is 0.171. The number of benzene rings is 1. The highest BCUT2D eigenvalue weighted by molar-refractivity contribution is 5.85. The van der Waals surface area contributed by atoms with Crippen molar-refractivity contribution in [2.75, 3.05) is 0 Å². The van der Waals surface area contributed by atoms with E-state index in [1.807, 2.05) is 0 Å². The highest BCUT2D eigenvalue weighted by atomic mass is 19.4. The van der Waals surface area contributed by atoms with Gasteiger partial charge in [-0.05, 0) is 37.5 Å². The summed E-state index contributed by atoms with van der Waals surface area (Å²) in [5.74, 6) is -0.589. The smallest absolute Gasteiger partial charge is 0.368 e. The largest absolute Gasteiger partial charge is 0.416 e. The van der Waals surface area contributed by atoms with Crippen LogP contribution in [-0.4, -0.2) is 11.9 Å². The van der Waals surface area contributed by atoms with E-state index in [9.17, 15) is 18.0 Å². The fraction of sp³-hybridized carbons (Fsp3) is 0.533. The van der Waals surface area contributed by atoms with E-state index in [-0.39, 0.29) is 6.04 Å². The summed E-state index contributed by atoms with van der Waals surface area (Å²) in [5, 5.41) is 3.21. The maximum absolute atomic E-state index is 12.6. The van der Waals surface area contributed by atoms with Crippen LogP contribution in [-0.2, 0) is 16.5 Å². The number of nitrogens with one attached hydrogen (secondary N) is 1. The normalized spacial score (nSPS) is 19.4. The van der Waals surface area contributed by atoms with Gasteiger partial charge in [0.2, 0.25) is 5.91 Å². The summed E-state index contributed by atoms with van der Waals surface area (Å²) < 4.78 is 37.8. The van der Waals surface area contributed by atoms with E-state index in [0.717, 1.165) is 37.8 Å². The summed E-state index contributed by atoms with van der Waals surface area (Å²) in [6.07, 6.45) is -0.327. The van der Waals surface area contributed by atoms with Crippen molar-refractivity contribution in [2.45, 2.75) is 50.4 Å². The highest BCUT2D eigenvalue weighted by Crippen LogP contribution is 2.32. The Hall–Kier alpha value is -1.56. The maximum Gasteiger partial charge on any atom is 0.416 e. The number of rotatable bonds is 4. The molecule has 21 heavy (non-hydrogen) atoms. The van der Waals surface area contributed by atoms with Crippen molar-refractivity contribution in [3.05, 3.63) is 35.4 Å². The van der Waals surface area contributed by atoms with Crippen LogP contribution in [0.4, 0.5) is 13.2 Å². The number of halogens is 3. The van der Waals surface area contributed by atoms with E-state index in [1.54, 1.807) is 6.92 Å². The van der Waals surface area contributed by atoms with Crippen molar-refractivity contribution < 1.29 is 18.0 Å². The molecule has 1 atom stereocenters.